The number of rotatable bonds is 6. The van der Waals surface area contributed by atoms with Crippen molar-refractivity contribution in [2.45, 2.75) is 45.0 Å². The fraction of sp³-hybridized carbons (Fsp3) is 0.435. The predicted octanol–water partition coefficient (Wildman–Crippen LogP) is 5.80. The Bertz CT molecular complexity index is 1140. The van der Waals surface area contributed by atoms with Crippen molar-refractivity contribution in [2.24, 2.45) is 0 Å². The van der Waals surface area contributed by atoms with Crippen LogP contribution in [0.1, 0.15) is 42.6 Å². The molecule has 4 rings (SSSR count). The van der Waals surface area contributed by atoms with Gasteiger partial charge in [0.25, 0.3) is 0 Å². The number of anilines is 1. The van der Waals surface area contributed by atoms with Crippen molar-refractivity contribution < 1.29 is 18.3 Å². The largest absolute Gasteiger partial charge is 0.420 e. The molecule has 1 saturated heterocycles. The molecule has 34 heavy (non-hydrogen) atoms. The summed E-state index contributed by atoms with van der Waals surface area (Å²) in [6, 6.07) is 5.60. The fourth-order valence-electron chi connectivity index (χ4n) is 3.91. The molecule has 0 saturated carbocycles. The lowest BCUT2D eigenvalue weighted by molar-refractivity contribution is -0.137. The lowest BCUT2D eigenvalue weighted by Crippen LogP contribution is -2.35. The van der Waals surface area contributed by atoms with E-state index in [1.165, 1.54) is 6.20 Å². The van der Waals surface area contributed by atoms with E-state index < -0.39 is 17.8 Å². The molecule has 0 bridgehead atoms. The van der Waals surface area contributed by atoms with E-state index in [2.05, 4.69) is 24.6 Å². The van der Waals surface area contributed by atoms with Crippen LogP contribution in [0.15, 0.2) is 30.6 Å². The number of aryl methyl sites for hydroxylation is 1. The predicted molar refractivity (Wildman–Crippen MR) is 131 cm³/mol. The third-order valence-corrected chi connectivity index (χ3v) is 7.76. The molecule has 3 heterocycles. The molecule has 1 atom stereocenters. The van der Waals surface area contributed by atoms with Crippen LogP contribution in [0.3, 0.4) is 0 Å². The number of nitrogens with zero attached hydrogens (tertiary/aromatic N) is 4. The number of aromatic nitrogens is 3. The van der Waals surface area contributed by atoms with Crippen LogP contribution in [-0.4, -0.2) is 49.8 Å². The summed E-state index contributed by atoms with van der Waals surface area (Å²) in [5.41, 5.74) is 1.41. The van der Waals surface area contributed by atoms with Gasteiger partial charge in [0.2, 0.25) is 5.95 Å². The Kier molecular flexibility index (Phi) is 7.46. The monoisotopic (exact) mass is 509 g/mol. The molecular formula is C23H26F3N5OS2. The number of halogens is 3. The van der Waals surface area contributed by atoms with E-state index in [1.54, 1.807) is 24.9 Å². The van der Waals surface area contributed by atoms with Crippen molar-refractivity contribution in [1.29, 1.82) is 0 Å². The van der Waals surface area contributed by atoms with Gasteiger partial charge in [0.1, 0.15) is 10.6 Å². The molecule has 3 aromatic rings. The van der Waals surface area contributed by atoms with E-state index in [4.69, 9.17) is 0 Å². The molecular weight excluding hydrogens is 483 g/mol. The van der Waals surface area contributed by atoms with Gasteiger partial charge in [-0.1, -0.05) is 30.1 Å². The standard InChI is InChI=1S/C23H26F3N5OS2/c1-13-10-15(14(2)32)4-5-17(13)21-27-12-19(34-21)20-18(23(24,25)26)11-28-22(30-20)29-16-6-8-31(33-3)9-7-16/h4-5,10-12,14,16,32H,6-9H2,1-3H3,(H,28,29,30). The molecule has 1 aromatic carbocycles. The molecule has 182 valence electrons. The third-order valence-electron chi connectivity index (χ3n) is 5.84. The molecule has 2 aromatic heterocycles. The van der Waals surface area contributed by atoms with Crippen molar-refractivity contribution >= 4 is 29.2 Å². The van der Waals surface area contributed by atoms with Crippen molar-refractivity contribution in [3.8, 4) is 21.1 Å². The maximum Gasteiger partial charge on any atom is 0.420 e. The summed E-state index contributed by atoms with van der Waals surface area (Å²) < 4.78 is 43.6. The van der Waals surface area contributed by atoms with Crippen molar-refractivity contribution in [2.75, 3.05) is 24.7 Å². The Hall–Kier alpha value is -2.21. The van der Waals surface area contributed by atoms with Gasteiger partial charge in [-0.05, 0) is 44.1 Å². The number of hydrogen-bond donors (Lipinski definition) is 2. The number of aliphatic hydroxyl groups is 1. The Morgan fingerprint density at radius 1 is 1.21 bits per heavy atom. The first-order chi connectivity index (χ1) is 16.2. The Labute approximate surface area is 204 Å². The average molecular weight is 510 g/mol. The number of nitrogens with one attached hydrogen (secondary N) is 1. The van der Waals surface area contributed by atoms with Crippen LogP contribution < -0.4 is 5.32 Å². The number of aliphatic hydroxyl groups excluding tert-OH is 1. The highest BCUT2D eigenvalue weighted by atomic mass is 32.2. The summed E-state index contributed by atoms with van der Waals surface area (Å²) in [6.07, 6.45) is 0.861. The molecule has 11 heteroatoms. The van der Waals surface area contributed by atoms with Crippen LogP contribution in [0, 0.1) is 6.92 Å². The van der Waals surface area contributed by atoms with Crippen LogP contribution in [0.4, 0.5) is 19.1 Å². The highest BCUT2D eigenvalue weighted by Gasteiger charge is 2.36. The van der Waals surface area contributed by atoms with Crippen molar-refractivity contribution in [1.82, 2.24) is 19.3 Å². The Balaban J connectivity index is 1.64. The highest BCUT2D eigenvalue weighted by Crippen LogP contribution is 2.40. The number of piperidine rings is 1. The van der Waals surface area contributed by atoms with Gasteiger partial charge < -0.3 is 10.4 Å². The zero-order valence-corrected chi connectivity index (χ0v) is 20.7. The minimum absolute atomic E-state index is 0.111. The second kappa shape index (κ2) is 10.2. The second-order valence-electron chi connectivity index (χ2n) is 8.26. The molecule has 1 aliphatic rings. The van der Waals surface area contributed by atoms with Crippen LogP contribution in [0.5, 0.6) is 0 Å². The van der Waals surface area contributed by atoms with E-state index in [0.29, 0.717) is 9.88 Å². The third kappa shape index (κ3) is 5.54. The van der Waals surface area contributed by atoms with Gasteiger partial charge in [-0.15, -0.1) is 11.3 Å². The molecule has 6 nitrogen and oxygen atoms in total. The minimum atomic E-state index is -4.59. The van der Waals surface area contributed by atoms with E-state index in [1.807, 2.05) is 25.3 Å². The molecule has 0 amide bonds. The highest BCUT2D eigenvalue weighted by molar-refractivity contribution is 7.96. The first-order valence-electron chi connectivity index (χ1n) is 10.9. The SMILES string of the molecule is CSN1CCC(Nc2ncc(C(F)(F)F)c(-c3cnc(-c4ccc(C(C)O)cc4C)s3)n2)CC1. The molecule has 0 spiro atoms. The average Bonchev–Trinajstić information content (AvgIpc) is 3.28. The number of hydrogen-bond acceptors (Lipinski definition) is 8. The molecule has 1 fully saturated rings. The Morgan fingerprint density at radius 2 is 1.94 bits per heavy atom. The van der Waals surface area contributed by atoms with E-state index >= 15 is 0 Å². The quantitative estimate of drug-likeness (QED) is 0.407. The molecule has 2 N–H and O–H groups in total. The van der Waals surface area contributed by atoms with E-state index in [0.717, 1.165) is 60.2 Å². The second-order valence-corrected chi connectivity index (χ2v) is 10.2. The van der Waals surface area contributed by atoms with Gasteiger partial charge in [0.05, 0.1) is 16.7 Å². The van der Waals surface area contributed by atoms with Gasteiger partial charge in [0.15, 0.2) is 0 Å². The first kappa shape index (κ1) is 24.9. The van der Waals surface area contributed by atoms with Gasteiger partial charge >= 0.3 is 6.18 Å². The maximum absolute atomic E-state index is 13.8. The summed E-state index contributed by atoms with van der Waals surface area (Å²) in [6.45, 7) is 5.37. The fourth-order valence-corrected chi connectivity index (χ4v) is 5.49. The first-order valence-corrected chi connectivity index (χ1v) is 12.9. The van der Waals surface area contributed by atoms with E-state index in [9.17, 15) is 18.3 Å². The van der Waals surface area contributed by atoms with Crippen LogP contribution in [-0.2, 0) is 6.18 Å². The Morgan fingerprint density at radius 3 is 2.56 bits per heavy atom. The van der Waals surface area contributed by atoms with Gasteiger partial charge in [-0.25, -0.2) is 15.0 Å². The summed E-state index contributed by atoms with van der Waals surface area (Å²) in [7, 11) is 0. The topological polar surface area (TPSA) is 74.2 Å². The van der Waals surface area contributed by atoms with Crippen molar-refractivity contribution in [3.63, 3.8) is 0 Å². The zero-order chi connectivity index (χ0) is 24.5. The molecule has 1 unspecified atom stereocenters. The molecule has 0 radical (unpaired) electrons. The minimum Gasteiger partial charge on any atom is -0.389 e. The summed E-state index contributed by atoms with van der Waals surface area (Å²) in [5.74, 6) is 0.193. The normalized spacial score (nSPS) is 16.6. The van der Waals surface area contributed by atoms with Crippen LogP contribution >= 0.6 is 23.3 Å². The van der Waals surface area contributed by atoms with Crippen molar-refractivity contribution in [3.05, 3.63) is 47.3 Å². The summed E-state index contributed by atoms with van der Waals surface area (Å²) >= 11 is 2.85. The van der Waals surface area contributed by atoms with Gasteiger partial charge in [-0.3, -0.25) is 4.31 Å². The lowest BCUT2D eigenvalue weighted by Gasteiger charge is -2.30. The van der Waals surface area contributed by atoms with E-state index in [-0.39, 0.29) is 17.7 Å². The van der Waals surface area contributed by atoms with Crippen LogP contribution in [0.2, 0.25) is 0 Å². The number of thiazole rings is 1. The lowest BCUT2D eigenvalue weighted by atomic mass is 10.0. The number of alkyl halides is 3. The summed E-state index contributed by atoms with van der Waals surface area (Å²) in [4.78, 5) is 13.0. The molecule has 0 aliphatic carbocycles. The van der Waals surface area contributed by atoms with Gasteiger partial charge in [0, 0.05) is 37.1 Å². The summed E-state index contributed by atoms with van der Waals surface area (Å²) in [5, 5.41) is 13.6. The number of benzene rings is 1. The van der Waals surface area contributed by atoms with Gasteiger partial charge in [-0.2, -0.15) is 13.2 Å². The maximum atomic E-state index is 13.8. The smallest absolute Gasteiger partial charge is 0.389 e. The van der Waals surface area contributed by atoms with Crippen LogP contribution in [0.25, 0.3) is 21.1 Å². The zero-order valence-electron chi connectivity index (χ0n) is 19.1. The molecule has 1 aliphatic heterocycles.